The van der Waals surface area contributed by atoms with Crippen LogP contribution in [0.3, 0.4) is 0 Å². The predicted molar refractivity (Wildman–Crippen MR) is 85.9 cm³/mol. The summed E-state index contributed by atoms with van der Waals surface area (Å²) in [7, 11) is 0. The number of nitrogens with one attached hydrogen (secondary N) is 4. The molecule has 4 N–H and O–H groups in total. The monoisotopic (exact) mass is 296 g/mol. The zero-order valence-electron chi connectivity index (χ0n) is 12.0. The summed E-state index contributed by atoms with van der Waals surface area (Å²) in [4.78, 5) is 28.6. The minimum atomic E-state index is -0.298. The van der Waals surface area contributed by atoms with E-state index in [0.717, 1.165) is 5.56 Å². The smallest absolute Gasteiger partial charge is 0.323 e. The van der Waals surface area contributed by atoms with Gasteiger partial charge in [0.1, 0.15) is 0 Å². The number of hydrogen-bond donors (Lipinski definition) is 4. The second-order valence-corrected chi connectivity index (χ2v) is 5.07. The van der Waals surface area contributed by atoms with E-state index in [0.29, 0.717) is 16.7 Å². The van der Waals surface area contributed by atoms with Gasteiger partial charge in [0.25, 0.3) is 0 Å². The molecule has 0 aliphatic heterocycles. The number of H-pyrrole nitrogens is 2. The van der Waals surface area contributed by atoms with E-state index < -0.39 is 0 Å². The Labute approximate surface area is 126 Å². The fourth-order valence-electron chi connectivity index (χ4n) is 2.30. The highest BCUT2D eigenvalue weighted by atomic mass is 16.2. The van der Waals surface area contributed by atoms with Crippen LogP contribution >= 0.6 is 0 Å². The number of aromatic nitrogens is 2. The molecule has 0 spiro atoms. The maximum atomic E-state index is 12.0. The predicted octanol–water partition coefficient (Wildman–Crippen LogP) is 2.74. The molecule has 1 aromatic heterocycles. The summed E-state index contributed by atoms with van der Waals surface area (Å²) < 4.78 is 0. The number of carbonyl (C=O) groups excluding carboxylic acids is 1. The Morgan fingerprint density at radius 1 is 1.05 bits per heavy atom. The fraction of sp³-hybridized carbons (Fsp3) is 0.125. The Morgan fingerprint density at radius 3 is 2.55 bits per heavy atom. The van der Waals surface area contributed by atoms with Gasteiger partial charge < -0.3 is 20.6 Å². The van der Waals surface area contributed by atoms with E-state index in [-0.39, 0.29) is 17.8 Å². The van der Waals surface area contributed by atoms with Crippen molar-refractivity contribution < 1.29 is 4.79 Å². The zero-order valence-corrected chi connectivity index (χ0v) is 12.0. The fourth-order valence-corrected chi connectivity index (χ4v) is 2.30. The van der Waals surface area contributed by atoms with Crippen LogP contribution in [0.5, 0.6) is 0 Å². The van der Waals surface area contributed by atoms with Crippen molar-refractivity contribution in [2.45, 2.75) is 13.0 Å². The molecular formula is C16H16N4O2. The van der Waals surface area contributed by atoms with Gasteiger partial charge in [-0.05, 0) is 30.7 Å². The molecular weight excluding hydrogens is 280 g/mol. The van der Waals surface area contributed by atoms with Crippen molar-refractivity contribution in [1.82, 2.24) is 15.3 Å². The van der Waals surface area contributed by atoms with Gasteiger partial charge in [-0.3, -0.25) is 0 Å². The number of aromatic amines is 2. The number of urea groups is 1. The molecule has 6 heteroatoms. The Morgan fingerprint density at radius 2 is 1.77 bits per heavy atom. The quantitative estimate of drug-likeness (QED) is 0.598. The molecule has 112 valence electrons. The largest absolute Gasteiger partial charge is 0.331 e. The maximum absolute atomic E-state index is 12.0. The molecule has 0 saturated carbocycles. The van der Waals surface area contributed by atoms with E-state index in [1.807, 2.05) is 37.3 Å². The lowest BCUT2D eigenvalue weighted by Gasteiger charge is -2.15. The molecule has 1 atom stereocenters. The maximum Gasteiger partial charge on any atom is 0.323 e. The van der Waals surface area contributed by atoms with Crippen molar-refractivity contribution in [2.75, 3.05) is 5.32 Å². The molecule has 1 heterocycles. The molecule has 0 bridgehead atoms. The lowest BCUT2D eigenvalue weighted by atomic mass is 10.1. The van der Waals surface area contributed by atoms with E-state index in [2.05, 4.69) is 20.6 Å². The number of anilines is 1. The van der Waals surface area contributed by atoms with Crippen molar-refractivity contribution in [3.05, 3.63) is 64.6 Å². The van der Waals surface area contributed by atoms with E-state index >= 15 is 0 Å². The average Bonchev–Trinajstić information content (AvgIpc) is 2.87. The average molecular weight is 296 g/mol. The van der Waals surface area contributed by atoms with Crippen LogP contribution < -0.4 is 16.3 Å². The van der Waals surface area contributed by atoms with E-state index in [1.54, 1.807) is 18.2 Å². The highest BCUT2D eigenvalue weighted by Gasteiger charge is 2.09. The summed E-state index contributed by atoms with van der Waals surface area (Å²) in [5, 5.41) is 5.63. The Bertz CT molecular complexity index is 851. The normalized spacial score (nSPS) is 12.0. The third-order valence-corrected chi connectivity index (χ3v) is 3.42. The summed E-state index contributed by atoms with van der Waals surface area (Å²) in [6.07, 6.45) is 0. The van der Waals surface area contributed by atoms with Crippen molar-refractivity contribution in [3.8, 4) is 0 Å². The van der Waals surface area contributed by atoms with Crippen molar-refractivity contribution in [2.24, 2.45) is 0 Å². The van der Waals surface area contributed by atoms with Crippen LogP contribution in [-0.2, 0) is 0 Å². The van der Waals surface area contributed by atoms with Gasteiger partial charge >= 0.3 is 11.7 Å². The minimum Gasteiger partial charge on any atom is -0.331 e. The van der Waals surface area contributed by atoms with E-state index in [1.165, 1.54) is 0 Å². The number of carbonyl (C=O) groups is 1. The van der Waals surface area contributed by atoms with Gasteiger partial charge in [0.2, 0.25) is 0 Å². The van der Waals surface area contributed by atoms with Crippen molar-refractivity contribution in [1.29, 1.82) is 0 Å². The molecule has 0 aliphatic rings. The molecule has 0 unspecified atom stereocenters. The first-order valence-electron chi connectivity index (χ1n) is 6.96. The molecule has 0 fully saturated rings. The van der Waals surface area contributed by atoms with Crippen LogP contribution in [-0.4, -0.2) is 16.0 Å². The minimum absolute atomic E-state index is 0.100. The molecule has 2 aromatic carbocycles. The number of benzene rings is 2. The number of fused-ring (bicyclic) bond motifs is 1. The second-order valence-electron chi connectivity index (χ2n) is 5.07. The number of hydrogen-bond acceptors (Lipinski definition) is 2. The first-order valence-corrected chi connectivity index (χ1v) is 6.96. The molecule has 22 heavy (non-hydrogen) atoms. The highest BCUT2D eigenvalue weighted by Crippen LogP contribution is 2.15. The first kappa shape index (κ1) is 13.9. The van der Waals surface area contributed by atoms with Crippen molar-refractivity contribution in [3.63, 3.8) is 0 Å². The van der Waals surface area contributed by atoms with Gasteiger partial charge in [0.15, 0.2) is 0 Å². The molecule has 3 rings (SSSR count). The van der Waals surface area contributed by atoms with Crippen LogP contribution in [0, 0.1) is 0 Å². The molecule has 0 saturated heterocycles. The van der Waals surface area contributed by atoms with Crippen LogP contribution in [0.2, 0.25) is 0 Å². The standard InChI is InChI=1S/C16H16N4O2/c1-10(11-5-3-2-4-6-11)17-15(21)18-12-7-8-13-14(9-12)20-16(22)19-13/h2-10H,1H3,(H2,17,18,21)(H2,19,20,22)/t10-/m0/s1. The van der Waals surface area contributed by atoms with Crippen LogP contribution in [0.1, 0.15) is 18.5 Å². The topological polar surface area (TPSA) is 89.8 Å². The Balaban J connectivity index is 1.69. The van der Waals surface area contributed by atoms with Crippen LogP contribution in [0.15, 0.2) is 53.3 Å². The lowest BCUT2D eigenvalue weighted by Crippen LogP contribution is -2.31. The first-order chi connectivity index (χ1) is 10.6. The highest BCUT2D eigenvalue weighted by molar-refractivity contribution is 5.92. The molecule has 2 amide bonds. The third-order valence-electron chi connectivity index (χ3n) is 3.42. The lowest BCUT2D eigenvalue weighted by molar-refractivity contribution is 0.249. The van der Waals surface area contributed by atoms with Crippen molar-refractivity contribution >= 4 is 22.8 Å². The second kappa shape index (κ2) is 5.77. The van der Waals surface area contributed by atoms with E-state index in [4.69, 9.17) is 0 Å². The molecule has 0 radical (unpaired) electrons. The Hall–Kier alpha value is -3.02. The molecule has 6 nitrogen and oxygen atoms in total. The van der Waals surface area contributed by atoms with E-state index in [9.17, 15) is 9.59 Å². The summed E-state index contributed by atoms with van der Waals surface area (Å²) in [6, 6.07) is 14.5. The van der Waals surface area contributed by atoms with Gasteiger partial charge in [0.05, 0.1) is 17.1 Å². The zero-order chi connectivity index (χ0) is 15.5. The van der Waals surface area contributed by atoms with Gasteiger partial charge in [-0.15, -0.1) is 0 Å². The van der Waals surface area contributed by atoms with Gasteiger partial charge in [0, 0.05) is 5.69 Å². The number of imidazole rings is 1. The number of rotatable bonds is 3. The summed E-state index contributed by atoms with van der Waals surface area (Å²) in [5.74, 6) is 0. The summed E-state index contributed by atoms with van der Waals surface area (Å²) >= 11 is 0. The molecule has 0 aliphatic carbocycles. The SMILES string of the molecule is C[C@H](NC(=O)Nc1ccc2[nH]c(=O)[nH]c2c1)c1ccccc1. The van der Waals surface area contributed by atoms with Gasteiger partial charge in [-0.25, -0.2) is 9.59 Å². The Kier molecular flexibility index (Phi) is 3.65. The van der Waals surface area contributed by atoms with Gasteiger partial charge in [-0.1, -0.05) is 30.3 Å². The summed E-state index contributed by atoms with van der Waals surface area (Å²) in [6.45, 7) is 1.92. The van der Waals surface area contributed by atoms with Gasteiger partial charge in [-0.2, -0.15) is 0 Å². The van der Waals surface area contributed by atoms with Crippen LogP contribution in [0.25, 0.3) is 11.0 Å². The number of amides is 2. The molecule has 3 aromatic rings. The van der Waals surface area contributed by atoms with Crippen LogP contribution in [0.4, 0.5) is 10.5 Å². The summed E-state index contributed by atoms with van der Waals surface area (Å²) in [5.41, 5.74) is 2.73. The third kappa shape index (κ3) is 3.01.